The van der Waals surface area contributed by atoms with Gasteiger partial charge in [-0.05, 0) is 20.0 Å². The maximum atomic E-state index is 11.9. The van der Waals surface area contributed by atoms with Crippen LogP contribution in [0.4, 0.5) is 0 Å². The molecule has 0 saturated heterocycles. The molecule has 0 aliphatic rings. The number of ketones is 1. The summed E-state index contributed by atoms with van der Waals surface area (Å²) in [4.78, 5) is 25.2. The van der Waals surface area contributed by atoms with E-state index in [-0.39, 0.29) is 11.7 Å². The Bertz CT molecular complexity index is 387. The molecular formula is C11H16N2O2S. The van der Waals surface area contributed by atoms with Gasteiger partial charge in [0.05, 0.1) is 4.88 Å². The number of thiophene rings is 1. The number of nitrogens with one attached hydrogen (secondary N) is 1. The molecule has 1 amide bonds. The van der Waals surface area contributed by atoms with Crippen molar-refractivity contribution >= 4 is 23.0 Å². The third-order valence-electron chi connectivity index (χ3n) is 2.26. The van der Waals surface area contributed by atoms with Crippen molar-refractivity contribution < 1.29 is 9.59 Å². The Morgan fingerprint density at radius 1 is 1.50 bits per heavy atom. The number of hydrogen-bond donors (Lipinski definition) is 1. The van der Waals surface area contributed by atoms with Gasteiger partial charge in [-0.3, -0.25) is 9.59 Å². The lowest BCUT2D eigenvalue weighted by Crippen LogP contribution is -2.32. The van der Waals surface area contributed by atoms with Crippen molar-refractivity contribution in [2.75, 3.05) is 27.2 Å². The number of hydrogen-bond acceptors (Lipinski definition) is 4. The lowest BCUT2D eigenvalue weighted by atomic mass is 10.2. The van der Waals surface area contributed by atoms with Crippen molar-refractivity contribution in [2.45, 2.75) is 6.92 Å². The van der Waals surface area contributed by atoms with Crippen molar-refractivity contribution in [3.05, 3.63) is 21.9 Å². The van der Waals surface area contributed by atoms with E-state index in [2.05, 4.69) is 5.32 Å². The molecule has 1 N–H and O–H groups in total. The molecule has 0 atom stereocenters. The number of nitrogens with zero attached hydrogens (tertiary/aromatic N) is 1. The number of carbonyl (C=O) groups excluding carboxylic acids is 2. The molecule has 0 radical (unpaired) electrons. The third-order valence-corrected chi connectivity index (χ3v) is 3.18. The van der Waals surface area contributed by atoms with Gasteiger partial charge < -0.3 is 10.2 Å². The van der Waals surface area contributed by atoms with Crippen molar-refractivity contribution in [3.8, 4) is 0 Å². The summed E-state index contributed by atoms with van der Waals surface area (Å²) in [6, 6.07) is 1.66. The number of rotatable bonds is 5. The van der Waals surface area contributed by atoms with Gasteiger partial charge in [-0.15, -0.1) is 11.3 Å². The molecule has 1 rings (SSSR count). The van der Waals surface area contributed by atoms with Gasteiger partial charge in [0.1, 0.15) is 0 Å². The van der Waals surface area contributed by atoms with Crippen LogP contribution in [0.2, 0.25) is 0 Å². The van der Waals surface area contributed by atoms with Crippen LogP contribution in [-0.4, -0.2) is 43.8 Å². The van der Waals surface area contributed by atoms with Crippen LogP contribution in [0.15, 0.2) is 11.4 Å². The molecule has 0 spiro atoms. The summed E-state index contributed by atoms with van der Waals surface area (Å²) in [6.07, 6.45) is 0. The zero-order chi connectivity index (χ0) is 12.1. The minimum absolute atomic E-state index is 0.00632. The number of Topliss-reactive ketones (excluding diaryl/α,β-unsaturated/α-hetero) is 1. The summed E-state index contributed by atoms with van der Waals surface area (Å²) in [5.74, 6) is -0.0408. The van der Waals surface area contributed by atoms with Gasteiger partial charge in [0.2, 0.25) is 0 Å². The first-order valence-electron chi connectivity index (χ1n) is 5.05. The highest BCUT2D eigenvalue weighted by molar-refractivity contribution is 7.12. The highest BCUT2D eigenvalue weighted by Crippen LogP contribution is 2.16. The van der Waals surface area contributed by atoms with Crippen LogP contribution in [0.1, 0.15) is 27.0 Å². The quantitative estimate of drug-likeness (QED) is 0.788. The van der Waals surface area contributed by atoms with Crippen molar-refractivity contribution in [1.82, 2.24) is 10.2 Å². The van der Waals surface area contributed by atoms with Crippen LogP contribution >= 0.6 is 11.3 Å². The van der Waals surface area contributed by atoms with Gasteiger partial charge in [-0.25, -0.2) is 0 Å². The first-order chi connectivity index (χ1) is 7.56. The van der Waals surface area contributed by atoms with E-state index in [4.69, 9.17) is 0 Å². The lowest BCUT2D eigenvalue weighted by Gasteiger charge is -2.15. The molecule has 0 unspecified atom stereocenters. The van der Waals surface area contributed by atoms with E-state index >= 15 is 0 Å². The van der Waals surface area contributed by atoms with E-state index in [1.165, 1.54) is 18.3 Å². The molecule has 4 nitrogen and oxygen atoms in total. The van der Waals surface area contributed by atoms with Gasteiger partial charge in [-0.2, -0.15) is 0 Å². The molecule has 1 heterocycles. The Labute approximate surface area is 99.3 Å². The van der Waals surface area contributed by atoms with Gasteiger partial charge in [0, 0.05) is 31.1 Å². The second kappa shape index (κ2) is 5.77. The van der Waals surface area contributed by atoms with E-state index in [1.54, 1.807) is 23.4 Å². The summed E-state index contributed by atoms with van der Waals surface area (Å²) < 4.78 is 0. The molecule has 0 aromatic carbocycles. The number of amides is 1. The first-order valence-corrected chi connectivity index (χ1v) is 5.93. The Morgan fingerprint density at radius 2 is 2.19 bits per heavy atom. The molecule has 0 bridgehead atoms. The molecule has 5 heteroatoms. The van der Waals surface area contributed by atoms with Crippen LogP contribution in [0.5, 0.6) is 0 Å². The average Bonchev–Trinajstić information content (AvgIpc) is 2.74. The standard InChI is InChI=1S/C11H16N2O2S/c1-8(14)9-6-10(16-7-9)11(15)13(3)5-4-12-2/h6-7,12H,4-5H2,1-3H3. The summed E-state index contributed by atoms with van der Waals surface area (Å²) >= 11 is 1.32. The fourth-order valence-corrected chi connectivity index (χ4v) is 2.14. The predicted molar refractivity (Wildman–Crippen MR) is 65.2 cm³/mol. The fraction of sp³-hybridized carbons (Fsp3) is 0.455. The van der Waals surface area contributed by atoms with E-state index in [1.807, 2.05) is 7.05 Å². The lowest BCUT2D eigenvalue weighted by molar-refractivity contribution is 0.0801. The normalized spacial score (nSPS) is 10.2. The SMILES string of the molecule is CNCCN(C)C(=O)c1cc(C(C)=O)cs1. The molecule has 1 aromatic heterocycles. The molecule has 0 fully saturated rings. The van der Waals surface area contributed by atoms with Crippen LogP contribution in [0.3, 0.4) is 0 Å². The van der Waals surface area contributed by atoms with Crippen LogP contribution in [-0.2, 0) is 0 Å². The van der Waals surface area contributed by atoms with Crippen LogP contribution < -0.4 is 5.32 Å². The summed E-state index contributed by atoms with van der Waals surface area (Å²) in [5, 5.41) is 4.71. The minimum Gasteiger partial charge on any atom is -0.340 e. The van der Waals surface area contributed by atoms with Crippen LogP contribution in [0, 0.1) is 0 Å². The third kappa shape index (κ3) is 3.15. The molecule has 0 saturated carbocycles. The average molecular weight is 240 g/mol. The van der Waals surface area contributed by atoms with Gasteiger partial charge in [-0.1, -0.05) is 0 Å². The van der Waals surface area contributed by atoms with Gasteiger partial charge in [0.15, 0.2) is 5.78 Å². The Balaban J connectivity index is 2.68. The van der Waals surface area contributed by atoms with E-state index in [9.17, 15) is 9.59 Å². The predicted octanol–water partition coefficient (Wildman–Crippen LogP) is 1.24. The Hall–Kier alpha value is -1.20. The van der Waals surface area contributed by atoms with Crippen LogP contribution in [0.25, 0.3) is 0 Å². The maximum Gasteiger partial charge on any atom is 0.263 e. The van der Waals surface area contributed by atoms with Crippen molar-refractivity contribution in [3.63, 3.8) is 0 Å². The Morgan fingerprint density at radius 3 is 2.69 bits per heavy atom. The second-order valence-electron chi connectivity index (χ2n) is 3.59. The van der Waals surface area contributed by atoms with Crippen molar-refractivity contribution in [2.24, 2.45) is 0 Å². The monoisotopic (exact) mass is 240 g/mol. The summed E-state index contributed by atoms with van der Waals surface area (Å²) in [7, 11) is 3.60. The van der Waals surface area contributed by atoms with Gasteiger partial charge >= 0.3 is 0 Å². The zero-order valence-electron chi connectivity index (χ0n) is 9.74. The molecule has 0 aliphatic carbocycles. The first kappa shape index (κ1) is 12.9. The summed E-state index contributed by atoms with van der Waals surface area (Å²) in [5.41, 5.74) is 0.607. The summed E-state index contributed by atoms with van der Waals surface area (Å²) in [6.45, 7) is 2.91. The Kier molecular flexibility index (Phi) is 4.64. The van der Waals surface area contributed by atoms with E-state index in [0.29, 0.717) is 17.0 Å². The maximum absolute atomic E-state index is 11.9. The van der Waals surface area contributed by atoms with Crippen molar-refractivity contribution in [1.29, 1.82) is 0 Å². The number of likely N-dealkylation sites (N-methyl/N-ethyl adjacent to an activating group) is 2. The van der Waals surface area contributed by atoms with E-state index < -0.39 is 0 Å². The smallest absolute Gasteiger partial charge is 0.263 e. The molecule has 88 valence electrons. The topological polar surface area (TPSA) is 49.4 Å². The van der Waals surface area contributed by atoms with E-state index in [0.717, 1.165) is 6.54 Å². The number of carbonyl (C=O) groups is 2. The molecule has 16 heavy (non-hydrogen) atoms. The highest BCUT2D eigenvalue weighted by atomic mass is 32.1. The zero-order valence-corrected chi connectivity index (χ0v) is 10.6. The molecular weight excluding hydrogens is 224 g/mol. The molecule has 1 aromatic rings. The van der Waals surface area contributed by atoms with Gasteiger partial charge in [0.25, 0.3) is 5.91 Å². The largest absolute Gasteiger partial charge is 0.340 e. The minimum atomic E-state index is -0.0345. The molecule has 0 aliphatic heterocycles. The fourth-order valence-electron chi connectivity index (χ4n) is 1.20. The second-order valence-corrected chi connectivity index (χ2v) is 4.50. The highest BCUT2D eigenvalue weighted by Gasteiger charge is 2.14.